The van der Waals surface area contributed by atoms with E-state index in [1.54, 1.807) is 51.6 Å². The largest absolute Gasteiger partial charge is 0.493 e. The van der Waals surface area contributed by atoms with Crippen molar-refractivity contribution >= 4 is 0 Å². The minimum Gasteiger partial charge on any atom is -0.493 e. The van der Waals surface area contributed by atoms with Crippen molar-refractivity contribution in [3.05, 3.63) is 42.2 Å². The van der Waals surface area contributed by atoms with Gasteiger partial charge in [0.15, 0.2) is 11.5 Å². The summed E-state index contributed by atoms with van der Waals surface area (Å²) in [5.74, 6) is 2.18. The van der Waals surface area contributed by atoms with Crippen LogP contribution in [0.5, 0.6) is 23.0 Å². The predicted octanol–water partition coefficient (Wildman–Crippen LogP) is 2.94. The molecule has 0 unspecified atom stereocenters. The average Bonchev–Trinajstić information content (AvgIpc) is 2.48. The number of aromatic nitrogens is 1. The minimum atomic E-state index is -0.607. The van der Waals surface area contributed by atoms with E-state index in [1.165, 1.54) is 0 Å². The van der Waals surface area contributed by atoms with E-state index in [9.17, 15) is 5.11 Å². The van der Waals surface area contributed by atoms with Crippen LogP contribution in [0.15, 0.2) is 36.5 Å². The number of hydrogen-bond donors (Lipinski definition) is 1. The van der Waals surface area contributed by atoms with Crippen LogP contribution in [0.2, 0.25) is 0 Å². The highest BCUT2D eigenvalue weighted by molar-refractivity contribution is 5.52. The monoisotopic (exact) mass is 275 g/mol. The van der Waals surface area contributed by atoms with Gasteiger partial charge < -0.3 is 19.3 Å². The fraction of sp³-hybridized carbons (Fsp3) is 0.267. The summed E-state index contributed by atoms with van der Waals surface area (Å²) in [6.45, 7) is 1.66. The van der Waals surface area contributed by atoms with Gasteiger partial charge in [0.25, 0.3) is 0 Å². The quantitative estimate of drug-likeness (QED) is 0.909. The average molecular weight is 275 g/mol. The molecule has 2 rings (SSSR count). The molecule has 0 fully saturated rings. The summed E-state index contributed by atoms with van der Waals surface area (Å²) in [4.78, 5) is 4.13. The second-order valence-corrected chi connectivity index (χ2v) is 4.19. The molecule has 0 radical (unpaired) electrons. The maximum Gasteiger partial charge on any atom is 0.211 e. The second kappa shape index (κ2) is 6.25. The number of aliphatic hydroxyl groups is 1. The van der Waals surface area contributed by atoms with Gasteiger partial charge in [0.1, 0.15) is 5.75 Å². The summed E-state index contributed by atoms with van der Waals surface area (Å²) in [5, 5.41) is 9.43. The highest BCUT2D eigenvalue weighted by atomic mass is 16.5. The van der Waals surface area contributed by atoms with Crippen LogP contribution in [0.3, 0.4) is 0 Å². The van der Waals surface area contributed by atoms with Crippen molar-refractivity contribution in [2.24, 2.45) is 0 Å². The molecule has 1 heterocycles. The molecule has 0 spiro atoms. The molecule has 0 aliphatic rings. The Labute approximate surface area is 117 Å². The molecule has 0 amide bonds. The first-order valence-electron chi connectivity index (χ1n) is 6.18. The van der Waals surface area contributed by atoms with Crippen molar-refractivity contribution in [1.82, 2.24) is 4.98 Å². The smallest absolute Gasteiger partial charge is 0.211 e. The molecule has 1 aromatic carbocycles. The van der Waals surface area contributed by atoms with E-state index in [1.807, 2.05) is 6.07 Å². The van der Waals surface area contributed by atoms with Gasteiger partial charge in [0.05, 0.1) is 32.2 Å². The molecule has 2 aromatic rings. The number of benzene rings is 1. The van der Waals surface area contributed by atoms with Crippen molar-refractivity contribution < 1.29 is 19.3 Å². The van der Waals surface area contributed by atoms with Crippen LogP contribution in [0, 0.1) is 0 Å². The number of ether oxygens (including phenoxy) is 3. The van der Waals surface area contributed by atoms with Crippen molar-refractivity contribution in [3.8, 4) is 23.0 Å². The van der Waals surface area contributed by atoms with Crippen molar-refractivity contribution in [3.63, 3.8) is 0 Å². The first kappa shape index (κ1) is 14.1. The Morgan fingerprint density at radius 1 is 1.05 bits per heavy atom. The van der Waals surface area contributed by atoms with E-state index >= 15 is 0 Å². The van der Waals surface area contributed by atoms with Crippen LogP contribution >= 0.6 is 0 Å². The van der Waals surface area contributed by atoms with Crippen LogP contribution < -0.4 is 14.2 Å². The van der Waals surface area contributed by atoms with Crippen LogP contribution in [-0.4, -0.2) is 24.3 Å². The molecule has 0 aliphatic heterocycles. The van der Waals surface area contributed by atoms with Gasteiger partial charge in [-0.3, -0.25) is 4.98 Å². The Kier molecular flexibility index (Phi) is 4.42. The molecule has 106 valence electrons. The number of pyridine rings is 1. The van der Waals surface area contributed by atoms with Gasteiger partial charge in [-0.1, -0.05) is 6.07 Å². The fourth-order valence-electron chi connectivity index (χ4n) is 1.73. The molecule has 20 heavy (non-hydrogen) atoms. The van der Waals surface area contributed by atoms with E-state index in [0.717, 1.165) is 0 Å². The van der Waals surface area contributed by atoms with Gasteiger partial charge in [-0.25, -0.2) is 0 Å². The third-order valence-electron chi connectivity index (χ3n) is 2.79. The van der Waals surface area contributed by atoms with Gasteiger partial charge in [-0.2, -0.15) is 0 Å². The molecular formula is C15H17NO4. The van der Waals surface area contributed by atoms with Gasteiger partial charge >= 0.3 is 0 Å². The lowest BCUT2D eigenvalue weighted by Gasteiger charge is -2.14. The first-order chi connectivity index (χ1) is 9.65. The zero-order chi connectivity index (χ0) is 14.5. The molecule has 0 saturated carbocycles. The Morgan fingerprint density at radius 2 is 1.70 bits per heavy atom. The summed E-state index contributed by atoms with van der Waals surface area (Å²) in [6.07, 6.45) is 0.943. The minimum absolute atomic E-state index is 0.490. The van der Waals surface area contributed by atoms with Crippen LogP contribution in [0.4, 0.5) is 0 Å². The van der Waals surface area contributed by atoms with E-state index in [0.29, 0.717) is 28.7 Å². The Bertz CT molecular complexity index is 544. The second-order valence-electron chi connectivity index (χ2n) is 4.19. The Hall–Kier alpha value is -2.27. The van der Waals surface area contributed by atoms with Gasteiger partial charge in [-0.15, -0.1) is 0 Å². The number of rotatable bonds is 5. The normalized spacial score (nSPS) is 11.8. The maximum atomic E-state index is 9.43. The highest BCUT2D eigenvalue weighted by Gasteiger charge is 2.12. The number of para-hydroxylation sites is 1. The van der Waals surface area contributed by atoms with Crippen molar-refractivity contribution in [1.29, 1.82) is 0 Å². The van der Waals surface area contributed by atoms with E-state index in [2.05, 4.69) is 4.98 Å². The Balaban J connectivity index is 2.29. The first-order valence-corrected chi connectivity index (χ1v) is 6.18. The molecule has 1 atom stereocenters. The standard InChI is InChI=1S/C15H17NO4/c1-10(17)12-8-7-11(9-16-12)20-15-13(18-2)5-4-6-14(15)19-3/h4-10,17H,1-3H3/t10-/m0/s1. The zero-order valence-corrected chi connectivity index (χ0v) is 11.7. The maximum absolute atomic E-state index is 9.43. The Morgan fingerprint density at radius 3 is 2.15 bits per heavy atom. The van der Waals surface area contributed by atoms with Crippen LogP contribution in [0.25, 0.3) is 0 Å². The van der Waals surface area contributed by atoms with Gasteiger partial charge in [0, 0.05) is 0 Å². The lowest BCUT2D eigenvalue weighted by Crippen LogP contribution is -1.97. The molecule has 5 heteroatoms. The van der Waals surface area contributed by atoms with Crippen LogP contribution in [-0.2, 0) is 0 Å². The SMILES string of the molecule is COc1cccc(OC)c1Oc1ccc([C@H](C)O)nc1. The molecular weight excluding hydrogens is 258 g/mol. The predicted molar refractivity (Wildman–Crippen MR) is 74.5 cm³/mol. The third kappa shape index (κ3) is 3.00. The lowest BCUT2D eigenvalue weighted by molar-refractivity contribution is 0.194. The van der Waals surface area contributed by atoms with Crippen molar-refractivity contribution in [2.75, 3.05) is 14.2 Å². The highest BCUT2D eigenvalue weighted by Crippen LogP contribution is 2.39. The third-order valence-corrected chi connectivity index (χ3v) is 2.79. The summed E-state index contributed by atoms with van der Waals surface area (Å²) < 4.78 is 16.3. The molecule has 5 nitrogen and oxygen atoms in total. The zero-order valence-electron chi connectivity index (χ0n) is 11.7. The molecule has 0 aliphatic carbocycles. The van der Waals surface area contributed by atoms with E-state index in [4.69, 9.17) is 14.2 Å². The summed E-state index contributed by atoms with van der Waals surface area (Å²) in [6, 6.07) is 8.84. The molecule has 1 N–H and O–H groups in total. The topological polar surface area (TPSA) is 60.8 Å². The van der Waals surface area contributed by atoms with Crippen molar-refractivity contribution in [2.45, 2.75) is 13.0 Å². The molecule has 0 saturated heterocycles. The molecule has 1 aromatic heterocycles. The summed E-state index contributed by atoms with van der Waals surface area (Å²) >= 11 is 0. The van der Waals surface area contributed by atoms with Gasteiger partial charge in [0.2, 0.25) is 5.75 Å². The number of aliphatic hydroxyl groups excluding tert-OH is 1. The van der Waals surface area contributed by atoms with E-state index in [-0.39, 0.29) is 0 Å². The van der Waals surface area contributed by atoms with E-state index < -0.39 is 6.10 Å². The van der Waals surface area contributed by atoms with Gasteiger partial charge in [-0.05, 0) is 31.2 Å². The summed E-state index contributed by atoms with van der Waals surface area (Å²) in [7, 11) is 3.13. The lowest BCUT2D eigenvalue weighted by atomic mass is 10.2. The number of methoxy groups -OCH3 is 2. The summed E-state index contributed by atoms with van der Waals surface area (Å²) in [5.41, 5.74) is 0.587. The van der Waals surface area contributed by atoms with Crippen LogP contribution in [0.1, 0.15) is 18.7 Å². The number of nitrogens with zero attached hydrogens (tertiary/aromatic N) is 1. The number of hydrogen-bond acceptors (Lipinski definition) is 5. The molecule has 0 bridgehead atoms. The fourth-order valence-corrected chi connectivity index (χ4v) is 1.73.